The van der Waals surface area contributed by atoms with Gasteiger partial charge in [-0.15, -0.1) is 0 Å². The number of aromatic hydroxyl groups is 1. The summed E-state index contributed by atoms with van der Waals surface area (Å²) in [6, 6.07) is 6.88. The quantitative estimate of drug-likeness (QED) is 0.857. The maximum Gasteiger partial charge on any atom is 0.130 e. The number of hydrogen-bond acceptors (Lipinski definition) is 3. The van der Waals surface area contributed by atoms with Crippen LogP contribution >= 0.6 is 0 Å². The predicted molar refractivity (Wildman–Crippen MR) is 66.4 cm³/mol. The molecule has 1 aromatic carbocycles. The number of hydrogen-bond donors (Lipinski definition) is 1. The van der Waals surface area contributed by atoms with Crippen LogP contribution in [0.2, 0.25) is 0 Å². The lowest BCUT2D eigenvalue weighted by Crippen LogP contribution is -2.36. The first-order chi connectivity index (χ1) is 7.78. The van der Waals surface area contributed by atoms with E-state index in [1.54, 1.807) is 18.2 Å². The highest BCUT2D eigenvalue weighted by Crippen LogP contribution is 2.39. The molecule has 0 radical (unpaired) electrons. The molecule has 0 aromatic heterocycles. The molecule has 94 valence electrons. The highest BCUT2D eigenvalue weighted by molar-refractivity contribution is 5.32. The lowest BCUT2D eigenvalue weighted by molar-refractivity contribution is -0.0846. The summed E-state index contributed by atoms with van der Waals surface area (Å²) in [4.78, 5) is 0. The van der Waals surface area contributed by atoms with E-state index < -0.39 is 0 Å². The third-order valence-electron chi connectivity index (χ3n) is 3.09. The van der Waals surface area contributed by atoms with E-state index in [1.165, 1.54) is 0 Å². The Morgan fingerprint density at radius 1 is 1.29 bits per heavy atom. The smallest absolute Gasteiger partial charge is 0.130 e. The summed E-state index contributed by atoms with van der Waals surface area (Å²) in [6.07, 6.45) is 0.842. The lowest BCUT2D eigenvalue weighted by atomic mass is 9.97. The number of phenolic OH excluding ortho intramolecular Hbond substituents is 1. The molecule has 3 nitrogen and oxygen atoms in total. The number of phenols is 1. The van der Waals surface area contributed by atoms with Gasteiger partial charge >= 0.3 is 0 Å². The molecule has 0 aliphatic carbocycles. The summed E-state index contributed by atoms with van der Waals surface area (Å²) in [6.45, 7) is 8.21. The van der Waals surface area contributed by atoms with E-state index in [0.717, 1.165) is 6.42 Å². The van der Waals surface area contributed by atoms with E-state index in [2.05, 4.69) is 13.8 Å². The van der Waals surface area contributed by atoms with Gasteiger partial charge in [0.1, 0.15) is 23.2 Å². The molecule has 1 saturated heterocycles. The minimum atomic E-state index is -0.311. The van der Waals surface area contributed by atoms with Crippen molar-refractivity contribution in [3.8, 4) is 11.5 Å². The van der Waals surface area contributed by atoms with Gasteiger partial charge in [0.15, 0.2) is 0 Å². The van der Waals surface area contributed by atoms with E-state index >= 15 is 0 Å². The van der Waals surface area contributed by atoms with E-state index in [1.807, 2.05) is 19.9 Å². The van der Waals surface area contributed by atoms with Crippen molar-refractivity contribution in [3.05, 3.63) is 24.3 Å². The molecule has 0 bridgehead atoms. The standard InChI is InChI=1S/C14H20O3/c1-13(2)9-12(14(3,4)17-13)16-11-7-5-6-10(15)8-11/h5-8,12,15H,9H2,1-4H3. The minimum Gasteiger partial charge on any atom is -0.508 e. The SMILES string of the molecule is CC1(C)CC(Oc2cccc(O)c2)C(C)(C)O1. The van der Waals surface area contributed by atoms with Crippen LogP contribution in [0, 0.1) is 0 Å². The van der Waals surface area contributed by atoms with Gasteiger partial charge in [-0.3, -0.25) is 0 Å². The molecule has 1 heterocycles. The minimum absolute atomic E-state index is 0.000648. The molecular weight excluding hydrogens is 216 g/mol. The zero-order valence-corrected chi connectivity index (χ0v) is 10.9. The molecule has 1 aliphatic rings. The largest absolute Gasteiger partial charge is 0.508 e. The van der Waals surface area contributed by atoms with Gasteiger partial charge in [0, 0.05) is 12.5 Å². The number of rotatable bonds is 2. The highest BCUT2D eigenvalue weighted by atomic mass is 16.6. The fraction of sp³-hybridized carbons (Fsp3) is 0.571. The topological polar surface area (TPSA) is 38.7 Å². The Labute approximate surface area is 102 Å². The number of ether oxygens (including phenoxy) is 2. The summed E-state index contributed by atoms with van der Waals surface area (Å²) >= 11 is 0. The van der Waals surface area contributed by atoms with Crippen LogP contribution in [0.4, 0.5) is 0 Å². The van der Waals surface area contributed by atoms with Crippen LogP contribution in [0.15, 0.2) is 24.3 Å². The van der Waals surface area contributed by atoms with Crippen molar-refractivity contribution in [1.82, 2.24) is 0 Å². The molecule has 0 saturated carbocycles. The Morgan fingerprint density at radius 2 is 2.00 bits per heavy atom. The fourth-order valence-corrected chi connectivity index (χ4v) is 2.42. The molecule has 1 unspecified atom stereocenters. The summed E-state index contributed by atoms with van der Waals surface area (Å²) in [5.41, 5.74) is -0.472. The third kappa shape index (κ3) is 2.72. The molecule has 0 amide bonds. The van der Waals surface area contributed by atoms with Gasteiger partial charge in [-0.1, -0.05) is 6.07 Å². The Morgan fingerprint density at radius 3 is 2.53 bits per heavy atom. The molecule has 1 N–H and O–H groups in total. The Hall–Kier alpha value is -1.22. The molecule has 1 aromatic rings. The van der Waals surface area contributed by atoms with Gasteiger partial charge < -0.3 is 14.6 Å². The van der Waals surface area contributed by atoms with Crippen molar-refractivity contribution in [2.75, 3.05) is 0 Å². The molecule has 0 spiro atoms. The average molecular weight is 236 g/mol. The summed E-state index contributed by atoms with van der Waals surface area (Å²) in [5, 5.41) is 9.41. The first kappa shape index (κ1) is 12.2. The second-order valence-corrected chi connectivity index (χ2v) is 5.77. The Bertz CT molecular complexity index is 410. The van der Waals surface area contributed by atoms with E-state index in [0.29, 0.717) is 5.75 Å². The van der Waals surface area contributed by atoms with Crippen molar-refractivity contribution in [1.29, 1.82) is 0 Å². The van der Waals surface area contributed by atoms with Gasteiger partial charge in [-0.05, 0) is 39.8 Å². The lowest BCUT2D eigenvalue weighted by Gasteiger charge is -2.27. The summed E-state index contributed by atoms with van der Waals surface area (Å²) in [5.74, 6) is 0.905. The number of benzene rings is 1. The molecule has 1 aliphatic heterocycles. The highest BCUT2D eigenvalue weighted by Gasteiger charge is 2.47. The second kappa shape index (κ2) is 3.91. The van der Waals surface area contributed by atoms with Crippen molar-refractivity contribution in [2.24, 2.45) is 0 Å². The maximum atomic E-state index is 9.41. The van der Waals surface area contributed by atoms with E-state index in [9.17, 15) is 5.11 Å². The fourth-order valence-electron chi connectivity index (χ4n) is 2.42. The van der Waals surface area contributed by atoms with Crippen molar-refractivity contribution in [2.45, 2.75) is 51.4 Å². The predicted octanol–water partition coefficient (Wildman–Crippen LogP) is 3.12. The monoisotopic (exact) mass is 236 g/mol. The van der Waals surface area contributed by atoms with Crippen molar-refractivity contribution < 1.29 is 14.6 Å². The van der Waals surface area contributed by atoms with Crippen LogP contribution in [-0.4, -0.2) is 22.4 Å². The zero-order valence-electron chi connectivity index (χ0n) is 10.9. The molecule has 2 rings (SSSR count). The Balaban J connectivity index is 2.14. The van der Waals surface area contributed by atoms with Gasteiger partial charge in [0.2, 0.25) is 0 Å². The molecular formula is C14H20O3. The van der Waals surface area contributed by atoms with Crippen LogP contribution in [0.5, 0.6) is 11.5 Å². The van der Waals surface area contributed by atoms with Crippen molar-refractivity contribution >= 4 is 0 Å². The van der Waals surface area contributed by atoms with Crippen LogP contribution in [-0.2, 0) is 4.74 Å². The second-order valence-electron chi connectivity index (χ2n) is 5.77. The Kier molecular flexibility index (Phi) is 2.82. The molecule has 1 atom stereocenters. The summed E-state index contributed by atoms with van der Waals surface area (Å²) < 4.78 is 11.9. The van der Waals surface area contributed by atoms with Gasteiger partial charge in [-0.2, -0.15) is 0 Å². The van der Waals surface area contributed by atoms with Gasteiger partial charge in [-0.25, -0.2) is 0 Å². The molecule has 3 heteroatoms. The van der Waals surface area contributed by atoms with E-state index in [-0.39, 0.29) is 23.1 Å². The van der Waals surface area contributed by atoms with Gasteiger partial charge in [0.25, 0.3) is 0 Å². The van der Waals surface area contributed by atoms with Crippen molar-refractivity contribution in [3.63, 3.8) is 0 Å². The van der Waals surface area contributed by atoms with Crippen LogP contribution in [0.3, 0.4) is 0 Å². The molecule has 1 fully saturated rings. The summed E-state index contributed by atoms with van der Waals surface area (Å²) in [7, 11) is 0. The normalized spacial score (nSPS) is 25.8. The average Bonchev–Trinajstić information content (AvgIpc) is 2.34. The van der Waals surface area contributed by atoms with Gasteiger partial charge in [0.05, 0.1) is 5.60 Å². The first-order valence-corrected chi connectivity index (χ1v) is 5.94. The third-order valence-corrected chi connectivity index (χ3v) is 3.09. The first-order valence-electron chi connectivity index (χ1n) is 5.94. The van der Waals surface area contributed by atoms with E-state index in [4.69, 9.17) is 9.47 Å². The zero-order chi connectivity index (χ0) is 12.7. The maximum absolute atomic E-state index is 9.41. The van der Waals surface area contributed by atoms with Crippen LogP contribution in [0.25, 0.3) is 0 Å². The van der Waals surface area contributed by atoms with Crippen LogP contribution < -0.4 is 4.74 Å². The molecule has 17 heavy (non-hydrogen) atoms. The van der Waals surface area contributed by atoms with Crippen LogP contribution in [0.1, 0.15) is 34.1 Å².